The summed E-state index contributed by atoms with van der Waals surface area (Å²) in [5.74, 6) is 0.777. The second kappa shape index (κ2) is 10.9. The Morgan fingerprint density at radius 2 is 1.94 bits per heavy atom. The summed E-state index contributed by atoms with van der Waals surface area (Å²) in [6.07, 6.45) is 8.13. The molecule has 7 heteroatoms. The number of aromatic nitrogens is 1. The van der Waals surface area contributed by atoms with E-state index in [1.807, 2.05) is 36.1 Å². The Labute approximate surface area is 190 Å². The number of H-pyrrole nitrogens is 1. The summed E-state index contributed by atoms with van der Waals surface area (Å²) in [6.45, 7) is 6.49. The van der Waals surface area contributed by atoms with E-state index in [1.54, 1.807) is 0 Å². The molecule has 0 spiro atoms. The van der Waals surface area contributed by atoms with Gasteiger partial charge in [0, 0.05) is 35.6 Å². The quantitative estimate of drug-likeness (QED) is 0.653. The molecule has 0 radical (unpaired) electrons. The monoisotopic (exact) mass is 440 g/mol. The molecule has 174 valence electrons. The zero-order valence-electron chi connectivity index (χ0n) is 19.2. The van der Waals surface area contributed by atoms with Gasteiger partial charge in [-0.1, -0.05) is 19.3 Å². The van der Waals surface area contributed by atoms with Gasteiger partial charge in [0.1, 0.15) is 5.75 Å². The highest BCUT2D eigenvalue weighted by Crippen LogP contribution is 2.21. The molecule has 0 bridgehead atoms. The van der Waals surface area contributed by atoms with Gasteiger partial charge < -0.3 is 24.8 Å². The average molecular weight is 441 g/mol. The van der Waals surface area contributed by atoms with E-state index >= 15 is 0 Å². The van der Waals surface area contributed by atoms with Gasteiger partial charge in [0.05, 0.1) is 13.2 Å². The van der Waals surface area contributed by atoms with Crippen LogP contribution < -0.4 is 15.6 Å². The molecule has 2 amide bonds. The standard InChI is InChI=1S/C25H36N4O3/c1-2-32-22-10-11-23-19(17-22)16-20(24(30)27-23)18-29(15-14-28-12-6-7-13-28)25(31)26-21-8-4-3-5-9-21/h10-11,16-17,21H,2-9,12-15,18H2,1H3,(H,26,31)(H,27,30). The zero-order chi connectivity index (χ0) is 22.3. The van der Waals surface area contributed by atoms with Gasteiger partial charge in [-0.2, -0.15) is 0 Å². The number of amides is 2. The molecule has 1 aromatic carbocycles. The van der Waals surface area contributed by atoms with Crippen LogP contribution in [0.5, 0.6) is 5.75 Å². The van der Waals surface area contributed by atoms with Crippen molar-refractivity contribution in [3.8, 4) is 5.75 Å². The molecule has 1 saturated heterocycles. The number of benzene rings is 1. The molecule has 2 heterocycles. The second-order valence-corrected chi connectivity index (χ2v) is 9.06. The minimum absolute atomic E-state index is 0.0568. The van der Waals surface area contributed by atoms with E-state index in [0.717, 1.165) is 49.1 Å². The number of fused-ring (bicyclic) bond motifs is 1. The van der Waals surface area contributed by atoms with Gasteiger partial charge in [0.25, 0.3) is 5.56 Å². The van der Waals surface area contributed by atoms with Gasteiger partial charge in [0.2, 0.25) is 0 Å². The van der Waals surface area contributed by atoms with Crippen LogP contribution in [0.4, 0.5) is 4.79 Å². The Morgan fingerprint density at radius 3 is 2.69 bits per heavy atom. The fraction of sp³-hybridized carbons (Fsp3) is 0.600. The molecule has 0 unspecified atom stereocenters. The number of hydrogen-bond donors (Lipinski definition) is 2. The first-order valence-corrected chi connectivity index (χ1v) is 12.2. The van der Waals surface area contributed by atoms with Crippen LogP contribution in [-0.2, 0) is 6.54 Å². The van der Waals surface area contributed by atoms with Gasteiger partial charge in [-0.3, -0.25) is 4.79 Å². The van der Waals surface area contributed by atoms with Crippen LogP contribution in [0.2, 0.25) is 0 Å². The van der Waals surface area contributed by atoms with Crippen molar-refractivity contribution in [2.24, 2.45) is 0 Å². The number of aromatic amines is 1. The Morgan fingerprint density at radius 1 is 1.16 bits per heavy atom. The fourth-order valence-electron chi connectivity index (χ4n) is 4.84. The van der Waals surface area contributed by atoms with Crippen molar-refractivity contribution in [3.63, 3.8) is 0 Å². The van der Waals surface area contributed by atoms with E-state index in [2.05, 4.69) is 15.2 Å². The smallest absolute Gasteiger partial charge is 0.317 e. The molecule has 2 fully saturated rings. The van der Waals surface area contributed by atoms with Crippen LogP contribution in [-0.4, -0.2) is 59.6 Å². The maximum absolute atomic E-state index is 13.2. The topological polar surface area (TPSA) is 77.7 Å². The highest BCUT2D eigenvalue weighted by Gasteiger charge is 2.22. The van der Waals surface area contributed by atoms with Gasteiger partial charge in [0.15, 0.2) is 0 Å². The van der Waals surface area contributed by atoms with Crippen LogP contribution in [0.25, 0.3) is 10.9 Å². The molecular weight excluding hydrogens is 404 g/mol. The first kappa shape index (κ1) is 22.6. The summed E-state index contributed by atoms with van der Waals surface area (Å²) in [5, 5.41) is 4.15. The van der Waals surface area contributed by atoms with E-state index in [0.29, 0.717) is 25.3 Å². The summed E-state index contributed by atoms with van der Waals surface area (Å²) in [7, 11) is 0. The molecule has 4 rings (SSSR count). The van der Waals surface area contributed by atoms with Gasteiger partial charge in [-0.25, -0.2) is 4.79 Å². The third-order valence-corrected chi connectivity index (χ3v) is 6.67. The number of nitrogens with one attached hydrogen (secondary N) is 2. The van der Waals surface area contributed by atoms with E-state index in [1.165, 1.54) is 32.1 Å². The maximum atomic E-state index is 13.2. The molecule has 32 heavy (non-hydrogen) atoms. The summed E-state index contributed by atoms with van der Waals surface area (Å²) >= 11 is 0. The largest absolute Gasteiger partial charge is 0.494 e. The third-order valence-electron chi connectivity index (χ3n) is 6.67. The lowest BCUT2D eigenvalue weighted by atomic mass is 9.96. The highest BCUT2D eigenvalue weighted by molar-refractivity contribution is 5.81. The van der Waals surface area contributed by atoms with Crippen molar-refractivity contribution in [1.29, 1.82) is 0 Å². The predicted octanol–water partition coefficient (Wildman–Crippen LogP) is 3.87. The van der Waals surface area contributed by atoms with E-state index in [4.69, 9.17) is 4.74 Å². The first-order chi connectivity index (χ1) is 15.6. The van der Waals surface area contributed by atoms with E-state index < -0.39 is 0 Å². The minimum atomic E-state index is -0.140. The Hall–Kier alpha value is -2.54. The fourth-order valence-corrected chi connectivity index (χ4v) is 4.84. The van der Waals surface area contributed by atoms with Crippen molar-refractivity contribution in [2.45, 2.75) is 64.5 Å². The van der Waals surface area contributed by atoms with E-state index in [9.17, 15) is 9.59 Å². The van der Waals surface area contributed by atoms with Gasteiger partial charge in [-0.05, 0) is 70.0 Å². The number of likely N-dealkylation sites (tertiary alicyclic amines) is 1. The van der Waals surface area contributed by atoms with Crippen molar-refractivity contribution >= 4 is 16.9 Å². The van der Waals surface area contributed by atoms with Crippen LogP contribution >= 0.6 is 0 Å². The Bertz CT molecular complexity index is 961. The van der Waals surface area contributed by atoms with E-state index in [-0.39, 0.29) is 17.6 Å². The normalized spacial score (nSPS) is 17.5. The lowest BCUT2D eigenvalue weighted by molar-refractivity contribution is 0.178. The van der Waals surface area contributed by atoms with Gasteiger partial charge >= 0.3 is 6.03 Å². The number of rotatable bonds is 8. The molecule has 0 atom stereocenters. The average Bonchev–Trinajstić information content (AvgIpc) is 3.31. The van der Waals surface area contributed by atoms with Crippen molar-refractivity contribution in [1.82, 2.24) is 20.1 Å². The Balaban J connectivity index is 1.52. The molecule has 1 aliphatic carbocycles. The molecular formula is C25H36N4O3. The van der Waals surface area contributed by atoms with Crippen LogP contribution in [0.1, 0.15) is 57.4 Å². The molecule has 2 aromatic rings. The van der Waals surface area contributed by atoms with Gasteiger partial charge in [-0.15, -0.1) is 0 Å². The molecule has 1 saturated carbocycles. The summed E-state index contributed by atoms with van der Waals surface area (Å²) in [6, 6.07) is 7.75. The lowest BCUT2D eigenvalue weighted by Crippen LogP contribution is -2.47. The summed E-state index contributed by atoms with van der Waals surface area (Å²) in [5.41, 5.74) is 1.24. The lowest BCUT2D eigenvalue weighted by Gasteiger charge is -2.29. The number of ether oxygens (including phenoxy) is 1. The van der Waals surface area contributed by atoms with Crippen molar-refractivity contribution < 1.29 is 9.53 Å². The molecule has 2 aliphatic rings. The van der Waals surface area contributed by atoms with Crippen molar-refractivity contribution in [2.75, 3.05) is 32.8 Å². The maximum Gasteiger partial charge on any atom is 0.317 e. The predicted molar refractivity (Wildman–Crippen MR) is 127 cm³/mol. The highest BCUT2D eigenvalue weighted by atomic mass is 16.5. The number of urea groups is 1. The van der Waals surface area contributed by atoms with Crippen LogP contribution in [0.3, 0.4) is 0 Å². The zero-order valence-corrected chi connectivity index (χ0v) is 19.2. The van der Waals surface area contributed by atoms with Crippen molar-refractivity contribution in [3.05, 3.63) is 40.2 Å². The number of hydrogen-bond acceptors (Lipinski definition) is 4. The summed E-state index contributed by atoms with van der Waals surface area (Å²) < 4.78 is 5.61. The van der Waals surface area contributed by atoms with Crippen LogP contribution in [0.15, 0.2) is 29.1 Å². The Kier molecular flexibility index (Phi) is 7.68. The molecule has 1 aliphatic heterocycles. The molecule has 2 N–H and O–H groups in total. The second-order valence-electron chi connectivity index (χ2n) is 9.06. The summed E-state index contributed by atoms with van der Waals surface area (Å²) in [4.78, 5) is 33.2. The minimum Gasteiger partial charge on any atom is -0.494 e. The molecule has 1 aromatic heterocycles. The molecule has 7 nitrogen and oxygen atoms in total. The number of carbonyl (C=O) groups is 1. The third kappa shape index (κ3) is 5.82. The number of nitrogens with zero attached hydrogens (tertiary/aromatic N) is 2. The first-order valence-electron chi connectivity index (χ1n) is 12.2. The van der Waals surface area contributed by atoms with Crippen LogP contribution in [0, 0.1) is 0 Å². The number of pyridine rings is 1. The number of carbonyl (C=O) groups excluding carboxylic acids is 1. The SMILES string of the molecule is CCOc1ccc2[nH]c(=O)c(CN(CCN3CCCC3)C(=O)NC3CCCCC3)cc2c1.